The van der Waals surface area contributed by atoms with Gasteiger partial charge in [-0.2, -0.15) is 0 Å². The van der Waals surface area contributed by atoms with E-state index in [1.165, 1.54) is 5.56 Å². The van der Waals surface area contributed by atoms with Crippen molar-refractivity contribution in [1.82, 2.24) is 0 Å². The summed E-state index contributed by atoms with van der Waals surface area (Å²) in [5.41, 5.74) is 2.40. The van der Waals surface area contributed by atoms with Crippen LogP contribution in [0.5, 0.6) is 0 Å². The molecule has 0 saturated heterocycles. The molecule has 0 N–H and O–H groups in total. The Morgan fingerprint density at radius 1 is 1.27 bits per heavy atom. The van der Waals surface area contributed by atoms with E-state index in [4.69, 9.17) is 0 Å². The predicted octanol–water partition coefficient (Wildman–Crippen LogP) is 3.79. The van der Waals surface area contributed by atoms with Gasteiger partial charge in [0.2, 0.25) is 0 Å². The minimum Gasteiger partial charge on any atom is -0.329 e. The zero-order valence-corrected chi connectivity index (χ0v) is 12.2. The SMILES string of the molecule is Cc1cc(Br)c(N2C=NCC2)c(Br)c1.Cl. The summed E-state index contributed by atoms with van der Waals surface area (Å²) in [5, 5.41) is 0. The quantitative estimate of drug-likeness (QED) is 0.749. The van der Waals surface area contributed by atoms with Gasteiger partial charge in [-0.05, 0) is 56.5 Å². The Labute approximate surface area is 112 Å². The van der Waals surface area contributed by atoms with Gasteiger partial charge < -0.3 is 4.90 Å². The Bertz CT molecular complexity index is 370. The Balaban J connectivity index is 0.00000112. The second kappa shape index (κ2) is 5.32. The molecule has 1 aliphatic rings. The van der Waals surface area contributed by atoms with E-state index in [1.807, 2.05) is 6.34 Å². The van der Waals surface area contributed by atoms with Crippen molar-refractivity contribution in [3.63, 3.8) is 0 Å². The molecule has 0 atom stereocenters. The molecular formula is C10H11Br2ClN2. The topological polar surface area (TPSA) is 15.6 Å². The highest BCUT2D eigenvalue weighted by Crippen LogP contribution is 2.35. The summed E-state index contributed by atoms with van der Waals surface area (Å²) in [6, 6.07) is 4.23. The van der Waals surface area contributed by atoms with E-state index in [0.717, 1.165) is 27.7 Å². The summed E-state index contributed by atoms with van der Waals surface area (Å²) in [6.07, 6.45) is 1.89. The fourth-order valence-electron chi connectivity index (χ4n) is 1.52. The number of aliphatic imine (C=N–C) groups is 1. The average Bonchev–Trinajstić information content (AvgIpc) is 2.54. The Hall–Kier alpha value is -0.0600. The summed E-state index contributed by atoms with van der Waals surface area (Å²) in [7, 11) is 0. The number of aryl methyl sites for hydroxylation is 1. The number of anilines is 1. The third-order valence-electron chi connectivity index (χ3n) is 2.14. The summed E-state index contributed by atoms with van der Waals surface area (Å²) < 4.78 is 2.22. The Morgan fingerprint density at radius 2 is 1.87 bits per heavy atom. The van der Waals surface area contributed by atoms with Gasteiger partial charge in [-0.15, -0.1) is 12.4 Å². The summed E-state index contributed by atoms with van der Waals surface area (Å²) in [6.45, 7) is 3.92. The molecule has 2 rings (SSSR count). The van der Waals surface area contributed by atoms with Crippen LogP contribution in [0.1, 0.15) is 5.56 Å². The maximum absolute atomic E-state index is 4.21. The molecule has 5 heteroatoms. The lowest BCUT2D eigenvalue weighted by atomic mass is 10.2. The first-order valence-electron chi connectivity index (χ1n) is 4.41. The molecule has 0 unspecified atom stereocenters. The fraction of sp³-hybridized carbons (Fsp3) is 0.300. The van der Waals surface area contributed by atoms with Crippen LogP contribution in [0, 0.1) is 6.92 Å². The van der Waals surface area contributed by atoms with Crippen molar-refractivity contribution in [2.75, 3.05) is 18.0 Å². The molecule has 1 heterocycles. The molecule has 0 radical (unpaired) electrons. The van der Waals surface area contributed by atoms with Crippen LogP contribution >= 0.6 is 44.3 Å². The van der Waals surface area contributed by atoms with Crippen LogP contribution in [0.3, 0.4) is 0 Å². The lowest BCUT2D eigenvalue weighted by Gasteiger charge is -2.18. The first-order chi connectivity index (χ1) is 6.68. The summed E-state index contributed by atoms with van der Waals surface area (Å²) in [4.78, 5) is 6.35. The minimum absolute atomic E-state index is 0. The van der Waals surface area contributed by atoms with Gasteiger partial charge in [0.1, 0.15) is 0 Å². The molecule has 1 aromatic carbocycles. The van der Waals surface area contributed by atoms with Gasteiger partial charge in [-0.25, -0.2) is 0 Å². The lowest BCUT2D eigenvalue weighted by molar-refractivity contribution is 1.02. The molecule has 2 nitrogen and oxygen atoms in total. The van der Waals surface area contributed by atoms with Crippen LogP contribution < -0.4 is 4.90 Å². The lowest BCUT2D eigenvalue weighted by Crippen LogP contribution is -2.19. The first-order valence-corrected chi connectivity index (χ1v) is 5.99. The van der Waals surface area contributed by atoms with Crippen molar-refractivity contribution in [3.05, 3.63) is 26.6 Å². The number of nitrogens with zero attached hydrogens (tertiary/aromatic N) is 2. The zero-order chi connectivity index (χ0) is 10.1. The monoisotopic (exact) mass is 352 g/mol. The first kappa shape index (κ1) is 13.0. The molecule has 0 amide bonds. The van der Waals surface area contributed by atoms with Gasteiger partial charge >= 0.3 is 0 Å². The molecule has 15 heavy (non-hydrogen) atoms. The number of halogens is 3. The molecule has 0 aliphatic carbocycles. The summed E-state index contributed by atoms with van der Waals surface area (Å²) >= 11 is 7.15. The largest absolute Gasteiger partial charge is 0.329 e. The average molecular weight is 354 g/mol. The molecule has 0 fully saturated rings. The van der Waals surface area contributed by atoms with Crippen LogP contribution in [0.4, 0.5) is 5.69 Å². The number of hydrogen-bond acceptors (Lipinski definition) is 2. The predicted molar refractivity (Wildman–Crippen MR) is 74.5 cm³/mol. The second-order valence-corrected chi connectivity index (χ2v) is 5.00. The van der Waals surface area contributed by atoms with Gasteiger partial charge in [-0.3, -0.25) is 4.99 Å². The normalized spacial score (nSPS) is 14.2. The van der Waals surface area contributed by atoms with E-state index in [9.17, 15) is 0 Å². The van der Waals surface area contributed by atoms with Gasteiger partial charge in [-0.1, -0.05) is 0 Å². The molecule has 0 spiro atoms. The Morgan fingerprint density at radius 3 is 2.33 bits per heavy atom. The molecule has 0 aromatic heterocycles. The maximum Gasteiger partial charge on any atom is 0.0896 e. The number of benzene rings is 1. The van der Waals surface area contributed by atoms with Crippen LogP contribution in [-0.4, -0.2) is 19.4 Å². The molecule has 1 aromatic rings. The number of rotatable bonds is 1. The van der Waals surface area contributed by atoms with Crippen LogP contribution in [0.2, 0.25) is 0 Å². The van der Waals surface area contributed by atoms with E-state index < -0.39 is 0 Å². The smallest absolute Gasteiger partial charge is 0.0896 e. The van der Waals surface area contributed by atoms with Crippen molar-refractivity contribution < 1.29 is 0 Å². The molecule has 0 bridgehead atoms. The van der Waals surface area contributed by atoms with Crippen molar-refractivity contribution in [3.8, 4) is 0 Å². The van der Waals surface area contributed by atoms with Crippen molar-refractivity contribution in [1.29, 1.82) is 0 Å². The zero-order valence-electron chi connectivity index (χ0n) is 8.20. The highest BCUT2D eigenvalue weighted by Gasteiger charge is 2.15. The van der Waals surface area contributed by atoms with Gasteiger partial charge in [0.25, 0.3) is 0 Å². The number of hydrogen-bond donors (Lipinski definition) is 0. The van der Waals surface area contributed by atoms with E-state index in [2.05, 4.69) is 60.8 Å². The van der Waals surface area contributed by atoms with E-state index >= 15 is 0 Å². The van der Waals surface area contributed by atoms with E-state index in [1.54, 1.807) is 0 Å². The van der Waals surface area contributed by atoms with Crippen molar-refractivity contribution in [2.45, 2.75) is 6.92 Å². The van der Waals surface area contributed by atoms with Crippen molar-refractivity contribution in [2.24, 2.45) is 4.99 Å². The van der Waals surface area contributed by atoms with E-state index in [0.29, 0.717) is 0 Å². The third-order valence-corrected chi connectivity index (χ3v) is 3.35. The molecule has 0 saturated carbocycles. The molecular weight excluding hydrogens is 343 g/mol. The minimum atomic E-state index is 0. The molecule has 1 aliphatic heterocycles. The maximum atomic E-state index is 4.21. The van der Waals surface area contributed by atoms with Gasteiger partial charge in [0.05, 0.1) is 18.6 Å². The standard InChI is InChI=1S/C10H10Br2N2.ClH/c1-7-4-8(11)10(9(12)5-7)14-3-2-13-6-14;/h4-6H,2-3H2,1H3;1H. The van der Waals surface area contributed by atoms with Gasteiger partial charge in [0.15, 0.2) is 0 Å². The van der Waals surface area contributed by atoms with Crippen molar-refractivity contribution >= 4 is 56.3 Å². The van der Waals surface area contributed by atoms with Crippen LogP contribution in [0.15, 0.2) is 26.1 Å². The highest BCUT2D eigenvalue weighted by atomic mass is 79.9. The second-order valence-electron chi connectivity index (χ2n) is 3.29. The van der Waals surface area contributed by atoms with E-state index in [-0.39, 0.29) is 12.4 Å². The third kappa shape index (κ3) is 2.74. The van der Waals surface area contributed by atoms with Crippen LogP contribution in [-0.2, 0) is 0 Å². The van der Waals surface area contributed by atoms with Gasteiger partial charge in [0, 0.05) is 15.5 Å². The fourth-order valence-corrected chi connectivity index (χ4v) is 3.39. The highest BCUT2D eigenvalue weighted by molar-refractivity contribution is 9.11. The van der Waals surface area contributed by atoms with Crippen LogP contribution in [0.25, 0.3) is 0 Å². The molecule has 82 valence electrons. The Kier molecular flexibility index (Phi) is 4.62. The summed E-state index contributed by atoms with van der Waals surface area (Å²) in [5.74, 6) is 0.